The molecule has 0 unspecified atom stereocenters. The SMILES string of the molecule is c1ccc([Si](c2ccccc2)(c2ccc3oc4ccccc4c3c2)c2nc(-n3c4ccccc4c4ccccc43)cc(-n3c4ccccc4c4cc(-c5ccc6c(c5)nc5n(-c7cc(-n8c9ccccc9n9c%10ccccc%10nc89)nc([Si](c8ccccc8)(c8ccccc8)c8ccc9oc%10ccccc%10c9c8)n7)c7ccccc7n65)ccc43)n2)cc1. The van der Waals surface area contributed by atoms with Crippen LogP contribution in [0.4, 0.5) is 0 Å². The zero-order valence-corrected chi connectivity index (χ0v) is 67.3. The van der Waals surface area contributed by atoms with Crippen molar-refractivity contribution in [3.63, 3.8) is 0 Å². The zero-order valence-electron chi connectivity index (χ0n) is 65.3. The van der Waals surface area contributed by atoms with Gasteiger partial charge in [-0.25, -0.2) is 29.9 Å². The lowest BCUT2D eigenvalue weighted by atomic mass is 10.0. The Labute approximate surface area is 697 Å². The van der Waals surface area contributed by atoms with Gasteiger partial charge in [-0.05, 0) is 145 Å². The third-order valence-corrected chi connectivity index (χ3v) is 34.3. The van der Waals surface area contributed by atoms with Crippen LogP contribution in [0.1, 0.15) is 0 Å². The summed E-state index contributed by atoms with van der Waals surface area (Å²) < 4.78 is 26.9. The number of hydrogen-bond acceptors (Lipinski definition) is 8. The van der Waals surface area contributed by atoms with Crippen LogP contribution in [0, 0.1) is 0 Å². The van der Waals surface area contributed by atoms with Crippen LogP contribution in [-0.2, 0) is 0 Å². The fourth-order valence-electron chi connectivity index (χ4n) is 20.0. The van der Waals surface area contributed by atoms with E-state index in [1.807, 2.05) is 18.2 Å². The summed E-state index contributed by atoms with van der Waals surface area (Å²) in [6, 6.07) is 144. The van der Waals surface area contributed by atoms with Crippen molar-refractivity contribution in [3.05, 3.63) is 400 Å². The highest BCUT2D eigenvalue weighted by Crippen LogP contribution is 2.41. The van der Waals surface area contributed by atoms with Crippen molar-refractivity contribution in [2.24, 2.45) is 0 Å². The third kappa shape index (κ3) is 9.74. The highest BCUT2D eigenvalue weighted by Gasteiger charge is 2.48. The number of fused-ring (bicyclic) bond motifs is 22. The minimum absolute atomic E-state index is 0.648. The van der Waals surface area contributed by atoms with Crippen molar-refractivity contribution in [2.45, 2.75) is 0 Å². The molecule has 26 rings (SSSR count). The van der Waals surface area contributed by atoms with Crippen LogP contribution in [0.25, 0.3) is 178 Å². The second-order valence-electron chi connectivity index (χ2n) is 31.7. The number of aromatic nitrogens is 12. The van der Waals surface area contributed by atoms with Gasteiger partial charge in [0.1, 0.15) is 56.5 Å². The van der Waals surface area contributed by atoms with Crippen molar-refractivity contribution < 1.29 is 8.83 Å². The van der Waals surface area contributed by atoms with Gasteiger partial charge in [0.05, 0.1) is 66.2 Å². The van der Waals surface area contributed by atoms with Crippen molar-refractivity contribution >= 4 is 201 Å². The molecule has 0 saturated carbocycles. The number of rotatable bonds is 13. The minimum Gasteiger partial charge on any atom is -0.456 e. The predicted octanol–water partition coefficient (Wildman–Crippen LogP) is 19.2. The lowest BCUT2D eigenvalue weighted by Gasteiger charge is -2.32. The second kappa shape index (κ2) is 26.2. The molecule has 16 heteroatoms. The van der Waals surface area contributed by atoms with Gasteiger partial charge in [-0.2, -0.15) is 0 Å². The van der Waals surface area contributed by atoms with Crippen LogP contribution in [0.15, 0.2) is 409 Å². The van der Waals surface area contributed by atoms with E-state index in [0.717, 1.165) is 197 Å². The van der Waals surface area contributed by atoms with Gasteiger partial charge in [0.2, 0.25) is 27.7 Å². The van der Waals surface area contributed by atoms with Crippen LogP contribution in [0.3, 0.4) is 0 Å². The summed E-state index contributed by atoms with van der Waals surface area (Å²) in [5.74, 6) is 4.25. The fraction of sp³-hybridized carbons (Fsp3) is 0. The van der Waals surface area contributed by atoms with Gasteiger partial charge >= 0.3 is 0 Å². The first-order valence-corrected chi connectivity index (χ1v) is 45.1. The van der Waals surface area contributed by atoms with E-state index in [4.69, 9.17) is 38.7 Å². The molecule has 0 aliphatic heterocycles. The van der Waals surface area contributed by atoms with E-state index in [-0.39, 0.29) is 0 Å². The van der Waals surface area contributed by atoms with Crippen LogP contribution < -0.4 is 42.0 Å². The first-order valence-electron chi connectivity index (χ1n) is 41.1. The van der Waals surface area contributed by atoms with E-state index < -0.39 is 16.1 Å². The molecule has 0 atom stereocenters. The molecule has 0 radical (unpaired) electrons. The molecule has 26 aromatic rings. The number of para-hydroxylation sites is 11. The molecule has 0 amide bonds. The Kier molecular flexibility index (Phi) is 14.6. The second-order valence-corrected chi connectivity index (χ2v) is 39.0. The Morgan fingerprint density at radius 3 is 0.959 bits per heavy atom. The van der Waals surface area contributed by atoms with Crippen LogP contribution in [0.2, 0.25) is 0 Å². The first kappa shape index (κ1) is 68.0. The standard InChI is InChI=1S/C106H66N12O2Si2/c1-5-29-69(30-6-1)121(70-31-7-2-8-32-70,73-55-59-97-81(63-73)78-40-16-27-51-95(78)119-97)103-109-99(113-85-43-19-13-37-75(85)76-38-14-20-44-86(76)113)65-100(110-103)114-87-45-21-15-39-77(87)80-61-67(53-57-88(80)114)68-54-58-90-84(62-68)108-106-116(90)92-48-24-26-50-94(92)118(106)102-66-101(117-93-49-25-23-47-91(93)115-89-46-22-18-42-83(89)107-105(115)117)111-104(112-102)122(71-33-9-3-10-34-71,72-35-11-4-12-36-72)74-56-60-98-82(64-74)79-41-17-28-52-96(79)120-98/h1-66H. The topological polar surface area (TPSA) is 132 Å². The van der Waals surface area contributed by atoms with Crippen molar-refractivity contribution in [3.8, 4) is 34.4 Å². The molecular weight excluding hydrogens is 1530 g/mol. The Bertz CT molecular complexity index is 8690. The lowest BCUT2D eigenvalue weighted by Crippen LogP contribution is -2.76. The van der Waals surface area contributed by atoms with Crippen molar-refractivity contribution in [2.75, 3.05) is 0 Å². The molecule has 14 nitrogen and oxygen atoms in total. The maximum atomic E-state index is 6.61. The lowest BCUT2D eigenvalue weighted by molar-refractivity contribution is 0.668. The van der Waals surface area contributed by atoms with Gasteiger partial charge in [-0.3, -0.25) is 27.1 Å². The molecule has 0 N–H and O–H groups in total. The number of benzene rings is 16. The number of nitrogens with zero attached hydrogens (tertiary/aromatic N) is 12. The maximum Gasteiger partial charge on any atom is 0.226 e. The molecule has 0 aliphatic carbocycles. The van der Waals surface area contributed by atoms with E-state index in [2.05, 4.69) is 409 Å². The summed E-state index contributed by atoms with van der Waals surface area (Å²) in [4.78, 5) is 35.7. The summed E-state index contributed by atoms with van der Waals surface area (Å²) in [5, 5.41) is 15.4. The molecule has 10 aromatic heterocycles. The van der Waals surface area contributed by atoms with Crippen molar-refractivity contribution in [1.29, 1.82) is 0 Å². The van der Waals surface area contributed by atoms with E-state index in [0.29, 0.717) is 22.9 Å². The Balaban J connectivity index is 0.691. The van der Waals surface area contributed by atoms with E-state index in [9.17, 15) is 0 Å². The van der Waals surface area contributed by atoms with E-state index in [1.165, 1.54) is 0 Å². The monoisotopic (exact) mass is 1590 g/mol. The molecule has 0 saturated heterocycles. The Morgan fingerprint density at radius 2 is 0.508 bits per heavy atom. The van der Waals surface area contributed by atoms with Gasteiger partial charge in [-0.15, -0.1) is 0 Å². The van der Waals surface area contributed by atoms with Crippen LogP contribution in [0.5, 0.6) is 0 Å². The summed E-state index contributed by atoms with van der Waals surface area (Å²) in [6.45, 7) is 0. The summed E-state index contributed by atoms with van der Waals surface area (Å²) >= 11 is 0. The Hall–Kier alpha value is -16.1. The molecule has 0 spiro atoms. The molecule has 16 aromatic carbocycles. The smallest absolute Gasteiger partial charge is 0.226 e. The van der Waals surface area contributed by atoms with Gasteiger partial charge in [0.15, 0.2) is 0 Å². The molecule has 0 fully saturated rings. The summed E-state index contributed by atoms with van der Waals surface area (Å²) in [6.07, 6.45) is 0. The zero-order chi connectivity index (χ0) is 79.9. The quantitative estimate of drug-likeness (QED) is 0.0823. The molecular formula is C106H66N12O2Si2. The van der Waals surface area contributed by atoms with Crippen LogP contribution >= 0.6 is 0 Å². The number of furan rings is 2. The molecule has 10 heterocycles. The third-order valence-electron chi connectivity index (χ3n) is 25.3. The summed E-state index contributed by atoms with van der Waals surface area (Å²) in [7, 11) is -7.22. The normalized spacial score (nSPS) is 12.4. The molecule has 0 bridgehead atoms. The molecule has 570 valence electrons. The number of hydrogen-bond donors (Lipinski definition) is 0. The first-order chi connectivity index (χ1) is 60.5. The summed E-state index contributed by atoms with van der Waals surface area (Å²) in [5.41, 5.74) is 18.4. The average Bonchev–Trinajstić information content (AvgIpc) is 1.46. The molecule has 122 heavy (non-hydrogen) atoms. The molecule has 0 aliphatic rings. The average molecular weight is 1600 g/mol. The largest absolute Gasteiger partial charge is 0.456 e. The number of imidazole rings is 4. The van der Waals surface area contributed by atoms with Crippen LogP contribution in [-0.4, -0.2) is 73.1 Å². The van der Waals surface area contributed by atoms with E-state index in [1.54, 1.807) is 0 Å². The highest BCUT2D eigenvalue weighted by atomic mass is 28.3. The van der Waals surface area contributed by atoms with Gasteiger partial charge in [-0.1, -0.05) is 285 Å². The van der Waals surface area contributed by atoms with Gasteiger partial charge in [0.25, 0.3) is 0 Å². The fourth-order valence-corrected chi connectivity index (χ4v) is 28.9. The predicted molar refractivity (Wildman–Crippen MR) is 500 cm³/mol. The highest BCUT2D eigenvalue weighted by molar-refractivity contribution is 7.20. The minimum atomic E-state index is -3.65. The maximum absolute atomic E-state index is 6.61. The van der Waals surface area contributed by atoms with Gasteiger partial charge < -0.3 is 8.83 Å². The Morgan fingerprint density at radius 1 is 0.189 bits per heavy atom. The van der Waals surface area contributed by atoms with Crippen molar-refractivity contribution in [1.82, 2.24) is 57.0 Å². The van der Waals surface area contributed by atoms with Gasteiger partial charge in [0, 0.05) is 55.2 Å². The van der Waals surface area contributed by atoms with E-state index >= 15 is 0 Å².